The maximum atomic E-state index is 11.1. The number of carbonyl (C=O) groups is 1. The molecule has 1 aromatic carbocycles. The van der Waals surface area contributed by atoms with Gasteiger partial charge in [-0.15, -0.1) is 24.0 Å². The van der Waals surface area contributed by atoms with Crippen LogP contribution in [0.5, 0.6) is 0 Å². The van der Waals surface area contributed by atoms with Gasteiger partial charge < -0.3 is 20.1 Å². The summed E-state index contributed by atoms with van der Waals surface area (Å²) in [5.74, 6) is 0.739. The molecule has 0 radical (unpaired) electrons. The van der Waals surface area contributed by atoms with Crippen LogP contribution in [0, 0.1) is 0 Å². The third-order valence-electron chi connectivity index (χ3n) is 4.00. The number of methoxy groups -OCH3 is 1. The molecule has 3 N–H and O–H groups in total. The van der Waals surface area contributed by atoms with Gasteiger partial charge >= 0.3 is 6.09 Å². The van der Waals surface area contributed by atoms with Crippen molar-refractivity contribution in [2.75, 3.05) is 32.6 Å². The van der Waals surface area contributed by atoms with Gasteiger partial charge in [0, 0.05) is 32.4 Å². The minimum Gasteiger partial charge on any atom is -0.453 e. The molecule has 2 rings (SSSR count). The molecule has 25 heavy (non-hydrogen) atoms. The molecule has 1 heterocycles. The molecule has 0 spiro atoms. The van der Waals surface area contributed by atoms with Crippen molar-refractivity contribution in [3.05, 3.63) is 29.8 Å². The van der Waals surface area contributed by atoms with Crippen molar-refractivity contribution >= 4 is 41.7 Å². The van der Waals surface area contributed by atoms with Crippen molar-refractivity contribution in [1.29, 1.82) is 0 Å². The first kappa shape index (κ1) is 21.5. The Morgan fingerprint density at radius 3 is 2.60 bits per heavy atom. The van der Waals surface area contributed by atoms with Gasteiger partial charge in [-0.1, -0.05) is 12.1 Å². The number of nitrogens with zero attached hydrogens (tertiary/aromatic N) is 1. The van der Waals surface area contributed by atoms with Crippen LogP contribution in [-0.4, -0.2) is 45.0 Å². The van der Waals surface area contributed by atoms with E-state index in [0.29, 0.717) is 12.2 Å². The van der Waals surface area contributed by atoms with Gasteiger partial charge in [0.25, 0.3) is 0 Å². The average molecular weight is 462 g/mol. The summed E-state index contributed by atoms with van der Waals surface area (Å²) in [6, 6.07) is 7.54. The number of nitrogens with one attached hydrogen (secondary N) is 3. The van der Waals surface area contributed by atoms with E-state index >= 15 is 0 Å². The number of rotatable bonds is 5. The summed E-state index contributed by atoms with van der Waals surface area (Å²) in [6.45, 7) is 4.31. The zero-order valence-corrected chi connectivity index (χ0v) is 17.3. The average Bonchev–Trinajstić information content (AvgIpc) is 3.03. The first-order valence-electron chi connectivity index (χ1n) is 8.07. The number of hydrogen-bond donors (Lipinski definition) is 3. The van der Waals surface area contributed by atoms with Crippen LogP contribution in [-0.2, 0) is 16.0 Å². The Kier molecular flexibility index (Phi) is 8.98. The van der Waals surface area contributed by atoms with Crippen molar-refractivity contribution < 1.29 is 14.3 Å². The highest BCUT2D eigenvalue weighted by atomic mass is 127. The van der Waals surface area contributed by atoms with E-state index in [1.807, 2.05) is 24.3 Å². The van der Waals surface area contributed by atoms with E-state index in [1.54, 1.807) is 7.05 Å². The number of ether oxygens (including phenoxy) is 2. The number of amides is 1. The van der Waals surface area contributed by atoms with Crippen LogP contribution in [0.4, 0.5) is 10.5 Å². The SMILES string of the molecule is CN=C(NCc1ccc(NC(=O)OC)cc1)NCC1(C)CCCO1.I. The monoisotopic (exact) mass is 462 g/mol. The summed E-state index contributed by atoms with van der Waals surface area (Å²) >= 11 is 0. The maximum Gasteiger partial charge on any atom is 0.411 e. The van der Waals surface area contributed by atoms with E-state index in [0.717, 1.165) is 37.5 Å². The van der Waals surface area contributed by atoms with Gasteiger partial charge in [-0.25, -0.2) is 4.79 Å². The fourth-order valence-corrected chi connectivity index (χ4v) is 2.53. The Hall–Kier alpha value is -1.55. The van der Waals surface area contributed by atoms with Crippen LogP contribution in [0.15, 0.2) is 29.3 Å². The second-order valence-electron chi connectivity index (χ2n) is 5.99. The van der Waals surface area contributed by atoms with Gasteiger partial charge in [-0.2, -0.15) is 0 Å². The predicted molar refractivity (Wildman–Crippen MR) is 110 cm³/mol. The van der Waals surface area contributed by atoms with Gasteiger partial charge in [-0.05, 0) is 37.5 Å². The highest BCUT2D eigenvalue weighted by molar-refractivity contribution is 14.0. The predicted octanol–water partition coefficient (Wildman–Crippen LogP) is 2.72. The van der Waals surface area contributed by atoms with E-state index < -0.39 is 6.09 Å². The minimum absolute atomic E-state index is 0. The van der Waals surface area contributed by atoms with Crippen molar-refractivity contribution in [1.82, 2.24) is 10.6 Å². The smallest absolute Gasteiger partial charge is 0.411 e. The van der Waals surface area contributed by atoms with Gasteiger partial charge in [0.2, 0.25) is 0 Å². The number of anilines is 1. The molecular formula is C17H27IN4O3. The lowest BCUT2D eigenvalue weighted by Crippen LogP contribution is -2.45. The molecule has 1 unspecified atom stereocenters. The topological polar surface area (TPSA) is 84.0 Å². The lowest BCUT2D eigenvalue weighted by Gasteiger charge is -2.24. The first-order valence-corrected chi connectivity index (χ1v) is 8.07. The summed E-state index contributed by atoms with van der Waals surface area (Å²) < 4.78 is 10.3. The van der Waals surface area contributed by atoms with E-state index in [-0.39, 0.29) is 29.6 Å². The van der Waals surface area contributed by atoms with E-state index in [1.165, 1.54) is 7.11 Å². The van der Waals surface area contributed by atoms with Crippen LogP contribution in [0.2, 0.25) is 0 Å². The summed E-state index contributed by atoms with van der Waals surface area (Å²) in [5, 5.41) is 9.20. The second-order valence-corrected chi connectivity index (χ2v) is 5.99. The van der Waals surface area contributed by atoms with Gasteiger partial charge in [0.1, 0.15) is 0 Å². The first-order chi connectivity index (χ1) is 11.5. The van der Waals surface area contributed by atoms with Crippen LogP contribution >= 0.6 is 24.0 Å². The Labute approximate surface area is 166 Å². The molecule has 1 aliphatic rings. The molecule has 1 fully saturated rings. The molecule has 0 aromatic heterocycles. The third kappa shape index (κ3) is 7.07. The Morgan fingerprint density at radius 1 is 1.32 bits per heavy atom. The number of guanidine groups is 1. The van der Waals surface area contributed by atoms with Crippen molar-refractivity contribution in [2.45, 2.75) is 31.9 Å². The summed E-state index contributed by atoms with van der Waals surface area (Å²) in [6.07, 6.45) is 1.69. The molecule has 8 heteroatoms. The molecule has 7 nitrogen and oxygen atoms in total. The van der Waals surface area contributed by atoms with Crippen LogP contribution in [0.3, 0.4) is 0 Å². The highest BCUT2D eigenvalue weighted by Gasteiger charge is 2.29. The van der Waals surface area contributed by atoms with E-state index in [2.05, 4.69) is 32.6 Å². The largest absolute Gasteiger partial charge is 0.453 e. The zero-order chi connectivity index (χ0) is 17.4. The Morgan fingerprint density at radius 2 is 2.04 bits per heavy atom. The molecule has 1 aromatic rings. The molecule has 0 bridgehead atoms. The second kappa shape index (κ2) is 10.4. The van der Waals surface area contributed by atoms with Crippen molar-refractivity contribution in [2.24, 2.45) is 4.99 Å². The zero-order valence-electron chi connectivity index (χ0n) is 14.9. The van der Waals surface area contributed by atoms with Crippen LogP contribution in [0.1, 0.15) is 25.3 Å². The Bertz CT molecular complexity index is 572. The van der Waals surface area contributed by atoms with Crippen molar-refractivity contribution in [3.63, 3.8) is 0 Å². The number of carbonyl (C=O) groups excluding carboxylic acids is 1. The third-order valence-corrected chi connectivity index (χ3v) is 4.00. The minimum atomic E-state index is -0.479. The normalized spacial score (nSPS) is 19.7. The fourth-order valence-electron chi connectivity index (χ4n) is 2.53. The number of aliphatic imine (C=N–C) groups is 1. The Balaban J connectivity index is 0.00000312. The fraction of sp³-hybridized carbons (Fsp3) is 0.529. The molecule has 1 aliphatic heterocycles. The van der Waals surface area contributed by atoms with Crippen LogP contribution in [0.25, 0.3) is 0 Å². The molecule has 1 amide bonds. The summed E-state index contributed by atoms with van der Waals surface area (Å²) in [5.41, 5.74) is 1.66. The molecule has 1 saturated heterocycles. The van der Waals surface area contributed by atoms with Gasteiger partial charge in [0.15, 0.2) is 5.96 Å². The maximum absolute atomic E-state index is 11.1. The summed E-state index contributed by atoms with van der Waals surface area (Å²) in [4.78, 5) is 15.4. The standard InChI is InChI=1S/C17H26N4O3.HI/c1-17(9-4-10-24-17)12-20-15(18-2)19-11-13-5-7-14(8-6-13)21-16(22)23-3;/h5-8H,4,9-12H2,1-3H3,(H,21,22)(H2,18,19,20);1H. The number of halogens is 1. The highest BCUT2D eigenvalue weighted by Crippen LogP contribution is 2.23. The molecule has 1 atom stereocenters. The molecular weight excluding hydrogens is 435 g/mol. The lowest BCUT2D eigenvalue weighted by molar-refractivity contribution is 0.0243. The quantitative estimate of drug-likeness (QED) is 0.356. The van der Waals surface area contributed by atoms with E-state index in [9.17, 15) is 4.79 Å². The van der Waals surface area contributed by atoms with Crippen molar-refractivity contribution in [3.8, 4) is 0 Å². The van der Waals surface area contributed by atoms with E-state index in [4.69, 9.17) is 4.74 Å². The summed E-state index contributed by atoms with van der Waals surface area (Å²) in [7, 11) is 3.08. The molecule has 140 valence electrons. The van der Waals surface area contributed by atoms with Gasteiger partial charge in [-0.3, -0.25) is 10.3 Å². The number of benzene rings is 1. The van der Waals surface area contributed by atoms with Crippen LogP contribution < -0.4 is 16.0 Å². The molecule has 0 aliphatic carbocycles. The number of hydrogen-bond acceptors (Lipinski definition) is 4. The molecule has 0 saturated carbocycles. The lowest BCUT2D eigenvalue weighted by atomic mass is 10.0. The van der Waals surface area contributed by atoms with Gasteiger partial charge in [0.05, 0.1) is 12.7 Å².